The van der Waals surface area contributed by atoms with Gasteiger partial charge in [0.2, 0.25) is 0 Å². The second kappa shape index (κ2) is 3.44. The van der Waals surface area contributed by atoms with Gasteiger partial charge in [-0.05, 0) is 31.0 Å². The van der Waals surface area contributed by atoms with Gasteiger partial charge in [0.15, 0.2) is 0 Å². The minimum absolute atomic E-state index is 0.219. The zero-order valence-electron chi connectivity index (χ0n) is 7.53. The first kappa shape index (κ1) is 8.66. The quantitative estimate of drug-likeness (QED) is 0.792. The monoisotopic (exact) mass is 192 g/mol. The van der Waals surface area contributed by atoms with Crippen LogP contribution in [0.15, 0.2) is 23.7 Å². The van der Waals surface area contributed by atoms with E-state index < -0.39 is 0 Å². The van der Waals surface area contributed by atoms with Crippen LogP contribution in [0, 0.1) is 0 Å². The van der Waals surface area contributed by atoms with E-state index in [1.807, 2.05) is 12.4 Å². The van der Waals surface area contributed by atoms with Gasteiger partial charge in [-0.25, -0.2) is 4.98 Å². The number of aromatic nitrogens is 1. The van der Waals surface area contributed by atoms with Crippen LogP contribution in [0.2, 0.25) is 0 Å². The third-order valence-electron chi connectivity index (χ3n) is 1.95. The van der Waals surface area contributed by atoms with Gasteiger partial charge >= 0.3 is 0 Å². The topological polar surface area (TPSA) is 38.9 Å². The Labute approximate surface area is 81.4 Å². The van der Waals surface area contributed by atoms with Crippen molar-refractivity contribution in [3.05, 3.63) is 29.3 Å². The number of fused-ring (bicyclic) bond motifs is 1. The smallest absolute Gasteiger partial charge is 0.0814 e. The van der Waals surface area contributed by atoms with Gasteiger partial charge in [0.1, 0.15) is 0 Å². The molecular formula is C10H12N2S. The van der Waals surface area contributed by atoms with Crippen molar-refractivity contribution in [1.29, 1.82) is 0 Å². The van der Waals surface area contributed by atoms with Crippen molar-refractivity contribution in [3.63, 3.8) is 0 Å². The number of rotatable bonds is 2. The summed E-state index contributed by atoms with van der Waals surface area (Å²) in [6.07, 6.45) is 0.924. The fourth-order valence-corrected chi connectivity index (χ4v) is 2.06. The van der Waals surface area contributed by atoms with E-state index in [1.54, 1.807) is 11.3 Å². The summed E-state index contributed by atoms with van der Waals surface area (Å²) in [6.45, 7) is 2.02. The number of nitrogens with zero attached hydrogens (tertiary/aromatic N) is 1. The van der Waals surface area contributed by atoms with Gasteiger partial charge < -0.3 is 5.73 Å². The highest BCUT2D eigenvalue weighted by Crippen LogP contribution is 2.19. The van der Waals surface area contributed by atoms with Gasteiger partial charge in [0, 0.05) is 6.04 Å². The summed E-state index contributed by atoms with van der Waals surface area (Å²) in [5.41, 5.74) is 9.96. The Balaban J connectivity index is 2.37. The molecule has 2 rings (SSSR count). The summed E-state index contributed by atoms with van der Waals surface area (Å²) >= 11 is 1.67. The van der Waals surface area contributed by atoms with E-state index >= 15 is 0 Å². The molecule has 0 amide bonds. The molecule has 1 atom stereocenters. The van der Waals surface area contributed by atoms with Gasteiger partial charge in [0.05, 0.1) is 15.7 Å². The third-order valence-corrected chi connectivity index (χ3v) is 2.76. The molecule has 2 N–H and O–H groups in total. The maximum absolute atomic E-state index is 5.73. The molecule has 13 heavy (non-hydrogen) atoms. The lowest BCUT2D eigenvalue weighted by atomic mass is 10.1. The summed E-state index contributed by atoms with van der Waals surface area (Å²) in [5.74, 6) is 0. The predicted molar refractivity (Wildman–Crippen MR) is 57.0 cm³/mol. The number of thiazole rings is 1. The van der Waals surface area contributed by atoms with E-state index in [9.17, 15) is 0 Å². The average molecular weight is 192 g/mol. The van der Waals surface area contributed by atoms with Crippen LogP contribution in [0.3, 0.4) is 0 Å². The second-order valence-electron chi connectivity index (χ2n) is 3.34. The van der Waals surface area contributed by atoms with Crippen molar-refractivity contribution in [2.24, 2.45) is 5.73 Å². The highest BCUT2D eigenvalue weighted by atomic mass is 32.1. The Morgan fingerprint density at radius 1 is 1.54 bits per heavy atom. The SMILES string of the molecule is CC(N)Cc1ccc2scnc2c1. The van der Waals surface area contributed by atoms with E-state index in [0.717, 1.165) is 11.9 Å². The third kappa shape index (κ3) is 1.87. The van der Waals surface area contributed by atoms with Crippen molar-refractivity contribution in [3.8, 4) is 0 Å². The molecule has 0 aliphatic heterocycles. The van der Waals surface area contributed by atoms with Gasteiger partial charge in [0.25, 0.3) is 0 Å². The molecule has 1 unspecified atom stereocenters. The van der Waals surface area contributed by atoms with E-state index in [4.69, 9.17) is 5.73 Å². The summed E-state index contributed by atoms with van der Waals surface area (Å²) in [5, 5.41) is 0. The summed E-state index contributed by atoms with van der Waals surface area (Å²) < 4.78 is 1.24. The zero-order valence-corrected chi connectivity index (χ0v) is 8.34. The molecule has 1 aromatic carbocycles. The van der Waals surface area contributed by atoms with Crippen molar-refractivity contribution in [2.45, 2.75) is 19.4 Å². The van der Waals surface area contributed by atoms with Crippen LogP contribution in [0.5, 0.6) is 0 Å². The molecule has 68 valence electrons. The molecule has 0 aliphatic rings. The Hall–Kier alpha value is -0.930. The van der Waals surface area contributed by atoms with Crippen molar-refractivity contribution in [2.75, 3.05) is 0 Å². The zero-order chi connectivity index (χ0) is 9.26. The van der Waals surface area contributed by atoms with E-state index in [-0.39, 0.29) is 6.04 Å². The minimum atomic E-state index is 0.219. The van der Waals surface area contributed by atoms with E-state index in [1.165, 1.54) is 10.3 Å². The fraction of sp³-hybridized carbons (Fsp3) is 0.300. The lowest BCUT2D eigenvalue weighted by Gasteiger charge is -2.03. The highest BCUT2D eigenvalue weighted by molar-refractivity contribution is 7.16. The Bertz CT molecular complexity index is 406. The fourth-order valence-electron chi connectivity index (χ4n) is 1.40. The second-order valence-corrected chi connectivity index (χ2v) is 4.22. The number of benzene rings is 1. The Morgan fingerprint density at radius 2 is 2.38 bits per heavy atom. The van der Waals surface area contributed by atoms with E-state index in [2.05, 4.69) is 23.2 Å². The van der Waals surface area contributed by atoms with Crippen LogP contribution in [-0.4, -0.2) is 11.0 Å². The maximum atomic E-state index is 5.73. The molecule has 2 nitrogen and oxygen atoms in total. The van der Waals surface area contributed by atoms with Gasteiger partial charge in [-0.3, -0.25) is 0 Å². The first-order valence-corrected chi connectivity index (χ1v) is 5.21. The lowest BCUT2D eigenvalue weighted by molar-refractivity contribution is 0.739. The largest absolute Gasteiger partial charge is 0.328 e. The van der Waals surface area contributed by atoms with Gasteiger partial charge in [-0.1, -0.05) is 6.07 Å². The molecule has 0 saturated heterocycles. The number of nitrogens with two attached hydrogens (primary N) is 1. The summed E-state index contributed by atoms with van der Waals surface area (Å²) in [4.78, 5) is 4.26. The molecule has 0 aliphatic carbocycles. The van der Waals surface area contributed by atoms with Gasteiger partial charge in [-0.2, -0.15) is 0 Å². The molecule has 2 aromatic rings. The number of hydrogen-bond acceptors (Lipinski definition) is 3. The minimum Gasteiger partial charge on any atom is -0.328 e. The van der Waals surface area contributed by atoms with Crippen LogP contribution in [0.4, 0.5) is 0 Å². The molecule has 0 saturated carbocycles. The molecule has 0 spiro atoms. The molecule has 1 aromatic heterocycles. The highest BCUT2D eigenvalue weighted by Gasteiger charge is 2.00. The van der Waals surface area contributed by atoms with Crippen LogP contribution in [-0.2, 0) is 6.42 Å². The van der Waals surface area contributed by atoms with Crippen molar-refractivity contribution in [1.82, 2.24) is 4.98 Å². The molecule has 0 fully saturated rings. The number of hydrogen-bond donors (Lipinski definition) is 1. The van der Waals surface area contributed by atoms with Crippen LogP contribution in [0.1, 0.15) is 12.5 Å². The molecule has 0 bridgehead atoms. The van der Waals surface area contributed by atoms with E-state index in [0.29, 0.717) is 0 Å². The Morgan fingerprint density at radius 3 is 3.15 bits per heavy atom. The molecule has 3 heteroatoms. The molecule has 1 heterocycles. The first-order chi connectivity index (χ1) is 6.25. The summed E-state index contributed by atoms with van der Waals surface area (Å²) in [7, 11) is 0. The van der Waals surface area contributed by atoms with Crippen molar-refractivity contribution >= 4 is 21.6 Å². The average Bonchev–Trinajstić information content (AvgIpc) is 2.49. The van der Waals surface area contributed by atoms with Crippen LogP contribution >= 0.6 is 11.3 Å². The first-order valence-electron chi connectivity index (χ1n) is 4.33. The lowest BCUT2D eigenvalue weighted by Crippen LogP contribution is -2.17. The summed E-state index contributed by atoms with van der Waals surface area (Å²) in [6, 6.07) is 6.58. The van der Waals surface area contributed by atoms with Crippen LogP contribution in [0.25, 0.3) is 10.2 Å². The maximum Gasteiger partial charge on any atom is 0.0814 e. The van der Waals surface area contributed by atoms with Crippen molar-refractivity contribution < 1.29 is 0 Å². The Kier molecular flexibility index (Phi) is 2.29. The normalized spacial score (nSPS) is 13.4. The standard InChI is InChI=1S/C10H12N2S/c1-7(11)4-8-2-3-10-9(5-8)12-6-13-10/h2-3,5-7H,4,11H2,1H3. The molecular weight excluding hydrogens is 180 g/mol. The predicted octanol–water partition coefficient (Wildman–Crippen LogP) is 2.19. The van der Waals surface area contributed by atoms with Crippen LogP contribution < -0.4 is 5.73 Å². The van der Waals surface area contributed by atoms with Gasteiger partial charge in [-0.15, -0.1) is 11.3 Å². The molecule has 0 radical (unpaired) electrons.